The maximum Gasteiger partial charge on any atom is 0.222 e. The number of nitrogens with zero attached hydrogens (tertiary/aromatic N) is 1. The first-order valence-electron chi connectivity index (χ1n) is 3.28. The van der Waals surface area contributed by atoms with Crippen LogP contribution < -0.4 is 11.1 Å². The van der Waals surface area contributed by atoms with Crippen molar-refractivity contribution in [1.29, 1.82) is 0 Å². The van der Waals surface area contributed by atoms with Gasteiger partial charge in [-0.2, -0.15) is 0 Å². The van der Waals surface area contributed by atoms with E-state index in [0.717, 1.165) is 4.47 Å². The molecule has 1 aromatic heterocycles. The Morgan fingerprint density at radius 2 is 2.42 bits per heavy atom. The van der Waals surface area contributed by atoms with Crippen LogP contribution in [-0.4, -0.2) is 10.9 Å². The van der Waals surface area contributed by atoms with E-state index in [1.54, 1.807) is 12.3 Å². The third-order valence-electron chi connectivity index (χ3n) is 1.19. The lowest BCUT2D eigenvalue weighted by Crippen LogP contribution is -2.07. The highest BCUT2D eigenvalue weighted by Gasteiger charge is 1.99. The third kappa shape index (κ3) is 2.20. The maximum atomic E-state index is 10.6. The number of pyridine rings is 1. The van der Waals surface area contributed by atoms with Gasteiger partial charge in [0.05, 0.1) is 10.2 Å². The Balaban J connectivity index is 2.89. The van der Waals surface area contributed by atoms with Crippen LogP contribution >= 0.6 is 15.9 Å². The molecule has 5 heteroatoms. The van der Waals surface area contributed by atoms with Gasteiger partial charge in [0.15, 0.2) is 0 Å². The van der Waals surface area contributed by atoms with Crippen molar-refractivity contribution in [2.75, 3.05) is 11.1 Å². The summed E-state index contributed by atoms with van der Waals surface area (Å²) in [6.07, 6.45) is 1.54. The van der Waals surface area contributed by atoms with Crippen LogP contribution in [0.3, 0.4) is 0 Å². The van der Waals surface area contributed by atoms with Gasteiger partial charge in [0.1, 0.15) is 5.82 Å². The summed E-state index contributed by atoms with van der Waals surface area (Å²) in [5, 5.41) is 2.52. The highest BCUT2D eigenvalue weighted by atomic mass is 79.9. The average molecular weight is 230 g/mol. The summed E-state index contributed by atoms with van der Waals surface area (Å²) < 4.78 is 0.719. The molecule has 4 nitrogen and oxygen atoms in total. The zero-order valence-electron chi connectivity index (χ0n) is 6.47. The van der Waals surface area contributed by atoms with Crippen molar-refractivity contribution in [1.82, 2.24) is 4.98 Å². The minimum atomic E-state index is -0.163. The van der Waals surface area contributed by atoms with E-state index >= 15 is 0 Å². The summed E-state index contributed by atoms with van der Waals surface area (Å²) in [7, 11) is 0. The number of aromatic nitrogens is 1. The van der Waals surface area contributed by atoms with E-state index in [2.05, 4.69) is 26.2 Å². The number of halogens is 1. The number of rotatable bonds is 1. The molecule has 1 aromatic rings. The molecule has 0 saturated carbocycles. The second kappa shape index (κ2) is 3.53. The minimum absolute atomic E-state index is 0.163. The number of nitrogens with one attached hydrogen (secondary N) is 1. The van der Waals surface area contributed by atoms with E-state index in [0.29, 0.717) is 11.5 Å². The largest absolute Gasteiger partial charge is 0.398 e. The lowest BCUT2D eigenvalue weighted by atomic mass is 10.4. The van der Waals surface area contributed by atoms with E-state index in [1.165, 1.54) is 6.92 Å². The van der Waals surface area contributed by atoms with Gasteiger partial charge < -0.3 is 11.1 Å². The Kier molecular flexibility index (Phi) is 2.65. The van der Waals surface area contributed by atoms with Crippen molar-refractivity contribution in [3.63, 3.8) is 0 Å². The van der Waals surface area contributed by atoms with E-state index in [-0.39, 0.29) is 5.91 Å². The molecule has 0 bridgehead atoms. The van der Waals surface area contributed by atoms with Gasteiger partial charge in [-0.05, 0) is 15.9 Å². The van der Waals surface area contributed by atoms with Crippen LogP contribution in [0, 0.1) is 0 Å². The van der Waals surface area contributed by atoms with Gasteiger partial charge in [-0.3, -0.25) is 4.79 Å². The molecule has 0 fully saturated rings. The molecule has 0 saturated heterocycles. The molecule has 0 radical (unpaired) electrons. The lowest BCUT2D eigenvalue weighted by molar-refractivity contribution is -0.114. The topological polar surface area (TPSA) is 68.0 Å². The Hall–Kier alpha value is -1.10. The van der Waals surface area contributed by atoms with Crippen LogP contribution in [0.5, 0.6) is 0 Å². The van der Waals surface area contributed by atoms with Crippen LogP contribution in [0.4, 0.5) is 11.5 Å². The predicted molar refractivity (Wildman–Crippen MR) is 50.7 cm³/mol. The molecule has 64 valence electrons. The first-order valence-corrected chi connectivity index (χ1v) is 4.07. The molecule has 3 N–H and O–H groups in total. The molecule has 12 heavy (non-hydrogen) atoms. The van der Waals surface area contributed by atoms with E-state index < -0.39 is 0 Å². The van der Waals surface area contributed by atoms with Crippen molar-refractivity contribution in [2.24, 2.45) is 0 Å². The molecule has 0 atom stereocenters. The lowest BCUT2D eigenvalue weighted by Gasteiger charge is -2.02. The molecule has 0 aliphatic heterocycles. The first kappa shape index (κ1) is 8.99. The second-order valence-electron chi connectivity index (χ2n) is 2.27. The maximum absolute atomic E-state index is 10.6. The molecular weight excluding hydrogens is 222 g/mol. The van der Waals surface area contributed by atoms with Crippen molar-refractivity contribution in [3.8, 4) is 0 Å². The summed E-state index contributed by atoms with van der Waals surface area (Å²) in [6.45, 7) is 1.42. The van der Waals surface area contributed by atoms with Gasteiger partial charge in [-0.25, -0.2) is 4.98 Å². The van der Waals surface area contributed by atoms with Crippen molar-refractivity contribution < 1.29 is 4.79 Å². The van der Waals surface area contributed by atoms with Crippen LogP contribution in [0.1, 0.15) is 6.92 Å². The monoisotopic (exact) mass is 229 g/mol. The van der Waals surface area contributed by atoms with Gasteiger partial charge in [0.25, 0.3) is 0 Å². The second-order valence-corrected chi connectivity index (χ2v) is 3.13. The third-order valence-corrected chi connectivity index (χ3v) is 1.85. The summed E-state index contributed by atoms with van der Waals surface area (Å²) in [5.41, 5.74) is 6.11. The summed E-state index contributed by atoms with van der Waals surface area (Å²) in [6, 6.07) is 1.59. The highest BCUT2D eigenvalue weighted by molar-refractivity contribution is 9.10. The van der Waals surface area contributed by atoms with Gasteiger partial charge in [-0.1, -0.05) is 0 Å². The van der Waals surface area contributed by atoms with E-state index in [9.17, 15) is 4.79 Å². The predicted octanol–water partition coefficient (Wildman–Crippen LogP) is 1.38. The number of hydrogen-bond donors (Lipinski definition) is 2. The fourth-order valence-corrected chi connectivity index (χ4v) is 0.920. The molecule has 0 aliphatic rings. The van der Waals surface area contributed by atoms with Crippen molar-refractivity contribution in [2.45, 2.75) is 6.92 Å². The fraction of sp³-hybridized carbons (Fsp3) is 0.143. The van der Waals surface area contributed by atoms with Crippen LogP contribution in [0.15, 0.2) is 16.7 Å². The normalized spacial score (nSPS) is 9.50. The van der Waals surface area contributed by atoms with Crippen molar-refractivity contribution in [3.05, 3.63) is 16.7 Å². The first-order chi connectivity index (χ1) is 5.59. The summed E-state index contributed by atoms with van der Waals surface area (Å²) in [5.74, 6) is 0.299. The molecule has 1 heterocycles. The smallest absolute Gasteiger partial charge is 0.222 e. The Labute approximate surface area is 78.3 Å². The summed E-state index contributed by atoms with van der Waals surface area (Å²) >= 11 is 3.20. The van der Waals surface area contributed by atoms with Crippen LogP contribution in [0.2, 0.25) is 0 Å². The number of amides is 1. The Morgan fingerprint density at radius 3 is 2.92 bits per heavy atom. The molecule has 0 aromatic carbocycles. The molecule has 0 spiro atoms. The zero-order valence-corrected chi connectivity index (χ0v) is 8.05. The number of carbonyl (C=O) groups excluding carboxylic acids is 1. The zero-order chi connectivity index (χ0) is 9.14. The standard InChI is InChI=1S/C7H8BrN3O/c1-4(12)11-7-2-6(9)5(8)3-10-7/h2-3H,1H3,(H3,9,10,11,12). The van der Waals surface area contributed by atoms with Gasteiger partial charge in [0.2, 0.25) is 5.91 Å². The average Bonchev–Trinajstić information content (AvgIpc) is 1.96. The van der Waals surface area contributed by atoms with Gasteiger partial charge >= 0.3 is 0 Å². The number of carbonyl (C=O) groups is 1. The molecule has 0 aliphatic carbocycles. The molecule has 1 amide bonds. The summed E-state index contributed by atoms with van der Waals surface area (Å²) in [4.78, 5) is 14.5. The van der Waals surface area contributed by atoms with Gasteiger partial charge in [-0.15, -0.1) is 0 Å². The molecular formula is C7H8BrN3O. The van der Waals surface area contributed by atoms with Crippen LogP contribution in [-0.2, 0) is 4.79 Å². The number of hydrogen-bond acceptors (Lipinski definition) is 3. The van der Waals surface area contributed by atoms with E-state index in [4.69, 9.17) is 5.73 Å². The fourth-order valence-electron chi connectivity index (χ4n) is 0.703. The van der Waals surface area contributed by atoms with Crippen molar-refractivity contribution >= 4 is 33.3 Å². The molecule has 0 unspecified atom stereocenters. The van der Waals surface area contributed by atoms with E-state index in [1.807, 2.05) is 0 Å². The number of nitrogens with two attached hydrogens (primary N) is 1. The minimum Gasteiger partial charge on any atom is -0.398 e. The molecule has 1 rings (SSSR count). The number of anilines is 2. The van der Waals surface area contributed by atoms with Crippen LogP contribution in [0.25, 0.3) is 0 Å². The SMILES string of the molecule is CC(=O)Nc1cc(N)c(Br)cn1. The number of nitrogen functional groups attached to an aromatic ring is 1. The Morgan fingerprint density at radius 1 is 1.75 bits per heavy atom. The Bertz CT molecular complexity index is 314. The highest BCUT2D eigenvalue weighted by Crippen LogP contribution is 2.20. The van der Waals surface area contributed by atoms with Gasteiger partial charge in [0, 0.05) is 19.2 Å². The quantitative estimate of drug-likeness (QED) is 0.765.